The van der Waals surface area contributed by atoms with Crippen molar-refractivity contribution in [1.29, 1.82) is 0 Å². The maximum absolute atomic E-state index is 12.2. The summed E-state index contributed by atoms with van der Waals surface area (Å²) in [5.41, 5.74) is 2.24. The van der Waals surface area contributed by atoms with E-state index in [1.165, 1.54) is 25.2 Å². The van der Waals surface area contributed by atoms with Gasteiger partial charge in [-0.1, -0.05) is 6.92 Å². The van der Waals surface area contributed by atoms with Crippen molar-refractivity contribution in [2.75, 3.05) is 10.6 Å². The molecule has 0 bridgehead atoms. The van der Waals surface area contributed by atoms with Crippen LogP contribution in [0.5, 0.6) is 0 Å². The second-order valence-corrected chi connectivity index (χ2v) is 7.00. The molecule has 1 aromatic carbocycles. The van der Waals surface area contributed by atoms with E-state index in [1.807, 2.05) is 13.8 Å². The fourth-order valence-corrected chi connectivity index (χ4v) is 3.32. The summed E-state index contributed by atoms with van der Waals surface area (Å²) in [5, 5.41) is 5.33. The summed E-state index contributed by atoms with van der Waals surface area (Å²) < 4.78 is 5.26. The Labute approximate surface area is 156 Å². The van der Waals surface area contributed by atoms with Crippen molar-refractivity contribution >= 4 is 40.5 Å². The molecule has 0 aliphatic rings. The van der Waals surface area contributed by atoms with E-state index < -0.39 is 18.0 Å². The van der Waals surface area contributed by atoms with Gasteiger partial charge in [0.1, 0.15) is 4.88 Å². The normalized spacial score (nSPS) is 11.5. The minimum Gasteiger partial charge on any atom is -0.448 e. The van der Waals surface area contributed by atoms with Gasteiger partial charge >= 0.3 is 5.97 Å². The van der Waals surface area contributed by atoms with Gasteiger partial charge in [0.2, 0.25) is 5.91 Å². The Balaban J connectivity index is 1.94. The number of hydrogen-bond donors (Lipinski definition) is 2. The maximum Gasteiger partial charge on any atom is 0.349 e. The van der Waals surface area contributed by atoms with Crippen molar-refractivity contribution < 1.29 is 19.1 Å². The summed E-state index contributed by atoms with van der Waals surface area (Å²) in [7, 11) is 0. The quantitative estimate of drug-likeness (QED) is 0.754. The molecule has 1 atom stereocenters. The molecular weight excluding hydrogens is 352 g/mol. The molecule has 138 valence electrons. The van der Waals surface area contributed by atoms with Crippen molar-refractivity contribution in [2.45, 2.75) is 40.2 Å². The molecular formula is C19H22N2O4S. The monoisotopic (exact) mass is 374 g/mol. The smallest absolute Gasteiger partial charge is 0.349 e. The van der Waals surface area contributed by atoms with Gasteiger partial charge in [-0.05, 0) is 56.2 Å². The van der Waals surface area contributed by atoms with E-state index in [0.717, 1.165) is 16.9 Å². The number of amides is 2. The van der Waals surface area contributed by atoms with Crippen molar-refractivity contribution in [3.63, 3.8) is 0 Å². The van der Waals surface area contributed by atoms with Gasteiger partial charge in [-0.15, -0.1) is 11.3 Å². The van der Waals surface area contributed by atoms with Crippen LogP contribution in [0.1, 0.15) is 40.9 Å². The average molecular weight is 374 g/mol. The Morgan fingerprint density at radius 3 is 2.19 bits per heavy atom. The van der Waals surface area contributed by atoms with Gasteiger partial charge < -0.3 is 15.4 Å². The van der Waals surface area contributed by atoms with Crippen molar-refractivity contribution in [3.05, 3.63) is 45.6 Å². The number of esters is 1. The fourth-order valence-electron chi connectivity index (χ4n) is 2.33. The fraction of sp³-hybridized carbons (Fsp3) is 0.316. The van der Waals surface area contributed by atoms with Crippen LogP contribution < -0.4 is 10.6 Å². The van der Waals surface area contributed by atoms with Gasteiger partial charge in [0.25, 0.3) is 5.91 Å². The van der Waals surface area contributed by atoms with Crippen LogP contribution in [0.2, 0.25) is 0 Å². The molecule has 2 amide bonds. The maximum atomic E-state index is 12.2. The van der Waals surface area contributed by atoms with Crippen LogP contribution in [0.25, 0.3) is 0 Å². The third-order valence-corrected chi connectivity index (χ3v) is 5.03. The summed E-state index contributed by atoms with van der Waals surface area (Å²) in [6, 6.07) is 8.46. The summed E-state index contributed by atoms with van der Waals surface area (Å²) in [5.74, 6) is -1.09. The first-order chi connectivity index (χ1) is 12.3. The molecule has 0 fully saturated rings. The van der Waals surface area contributed by atoms with Gasteiger partial charge in [-0.2, -0.15) is 0 Å². The number of rotatable bonds is 6. The summed E-state index contributed by atoms with van der Waals surface area (Å²) in [4.78, 5) is 37.1. The number of benzene rings is 1. The lowest BCUT2D eigenvalue weighted by atomic mass is 10.2. The van der Waals surface area contributed by atoms with E-state index in [1.54, 1.807) is 30.3 Å². The van der Waals surface area contributed by atoms with Gasteiger partial charge in [0.05, 0.1) is 0 Å². The van der Waals surface area contributed by atoms with Crippen LogP contribution in [0.4, 0.5) is 11.4 Å². The van der Waals surface area contributed by atoms with E-state index in [-0.39, 0.29) is 5.91 Å². The Bertz CT molecular complexity index is 811. The van der Waals surface area contributed by atoms with Crippen molar-refractivity contribution in [3.8, 4) is 0 Å². The third kappa shape index (κ3) is 5.16. The molecule has 1 aromatic heterocycles. The number of hydrogen-bond acceptors (Lipinski definition) is 5. The summed E-state index contributed by atoms with van der Waals surface area (Å²) >= 11 is 1.39. The molecule has 2 aromatic rings. The van der Waals surface area contributed by atoms with Gasteiger partial charge in [0, 0.05) is 23.2 Å². The first-order valence-corrected chi connectivity index (χ1v) is 9.10. The topological polar surface area (TPSA) is 84.5 Å². The van der Waals surface area contributed by atoms with Gasteiger partial charge in [0.15, 0.2) is 6.10 Å². The zero-order valence-corrected chi connectivity index (χ0v) is 16.0. The van der Waals surface area contributed by atoms with Crippen LogP contribution in [-0.4, -0.2) is 23.9 Å². The van der Waals surface area contributed by atoms with E-state index in [4.69, 9.17) is 4.74 Å². The van der Waals surface area contributed by atoms with E-state index in [0.29, 0.717) is 16.3 Å². The molecule has 0 aliphatic heterocycles. The number of thiophene rings is 1. The number of ether oxygens (including phenoxy) is 1. The molecule has 1 heterocycles. The number of aryl methyl sites for hydroxylation is 2. The number of carbonyl (C=O) groups excluding carboxylic acids is 3. The van der Waals surface area contributed by atoms with Crippen LogP contribution in [0.3, 0.4) is 0 Å². The highest BCUT2D eigenvalue weighted by atomic mass is 32.1. The Morgan fingerprint density at radius 2 is 1.69 bits per heavy atom. The van der Waals surface area contributed by atoms with Gasteiger partial charge in [-0.25, -0.2) is 4.79 Å². The molecule has 2 N–H and O–H groups in total. The molecule has 1 unspecified atom stereocenters. The summed E-state index contributed by atoms with van der Waals surface area (Å²) in [6.45, 7) is 6.93. The molecule has 7 heteroatoms. The summed E-state index contributed by atoms with van der Waals surface area (Å²) in [6.07, 6.45) is -0.0705. The van der Waals surface area contributed by atoms with E-state index in [2.05, 4.69) is 10.6 Å². The standard InChI is InChI=1S/C19H22N2O4S/c1-5-16-11(2)10-17(26-16)19(24)25-12(3)18(23)21-15-8-6-14(7-9-15)20-13(4)22/h6-10,12H,5H2,1-4H3,(H,20,22)(H,21,23). The van der Waals surface area contributed by atoms with E-state index in [9.17, 15) is 14.4 Å². The number of nitrogens with one attached hydrogen (secondary N) is 2. The molecule has 6 nitrogen and oxygen atoms in total. The Kier molecular flexibility index (Phi) is 6.52. The van der Waals surface area contributed by atoms with E-state index >= 15 is 0 Å². The first-order valence-electron chi connectivity index (χ1n) is 8.29. The van der Waals surface area contributed by atoms with Crippen molar-refractivity contribution in [2.24, 2.45) is 0 Å². The largest absolute Gasteiger partial charge is 0.448 e. The highest BCUT2D eigenvalue weighted by Crippen LogP contribution is 2.23. The third-order valence-electron chi connectivity index (χ3n) is 3.67. The molecule has 26 heavy (non-hydrogen) atoms. The SMILES string of the molecule is CCc1sc(C(=O)OC(C)C(=O)Nc2ccc(NC(C)=O)cc2)cc1C. The minimum absolute atomic E-state index is 0.169. The van der Waals surface area contributed by atoms with Crippen molar-refractivity contribution in [1.82, 2.24) is 0 Å². The highest BCUT2D eigenvalue weighted by Gasteiger charge is 2.21. The molecule has 0 radical (unpaired) electrons. The zero-order chi connectivity index (χ0) is 19.3. The van der Waals surface area contributed by atoms with Gasteiger partial charge in [-0.3, -0.25) is 9.59 Å². The predicted octanol–water partition coefficient (Wildman–Crippen LogP) is 3.76. The molecule has 0 spiro atoms. The zero-order valence-electron chi connectivity index (χ0n) is 15.2. The second kappa shape index (κ2) is 8.62. The average Bonchev–Trinajstić information content (AvgIpc) is 2.97. The number of anilines is 2. The Morgan fingerprint density at radius 1 is 1.12 bits per heavy atom. The van der Waals surface area contributed by atoms with Crippen LogP contribution in [0.15, 0.2) is 30.3 Å². The molecule has 2 rings (SSSR count). The lowest BCUT2D eigenvalue weighted by Crippen LogP contribution is -2.29. The molecule has 0 aliphatic carbocycles. The number of carbonyl (C=O) groups is 3. The highest BCUT2D eigenvalue weighted by molar-refractivity contribution is 7.14. The van der Waals surface area contributed by atoms with Crippen LogP contribution >= 0.6 is 11.3 Å². The predicted molar refractivity (Wildman–Crippen MR) is 103 cm³/mol. The Hall–Kier alpha value is -2.67. The molecule has 0 saturated carbocycles. The molecule has 0 saturated heterocycles. The second-order valence-electron chi connectivity index (χ2n) is 5.87. The lowest BCUT2D eigenvalue weighted by Gasteiger charge is -2.13. The minimum atomic E-state index is -0.926. The lowest BCUT2D eigenvalue weighted by molar-refractivity contribution is -0.123. The van der Waals surface area contributed by atoms with Crippen LogP contribution in [-0.2, 0) is 20.7 Å². The first kappa shape index (κ1) is 19.7. The van der Waals surface area contributed by atoms with Crippen LogP contribution in [0, 0.1) is 6.92 Å².